The van der Waals surface area contributed by atoms with Crippen LogP contribution < -0.4 is 15.6 Å². The van der Waals surface area contributed by atoms with Crippen molar-refractivity contribution in [3.05, 3.63) is 81.2 Å². The Hall–Kier alpha value is -3.95. The van der Waals surface area contributed by atoms with Crippen molar-refractivity contribution in [2.45, 2.75) is 39.2 Å². The fourth-order valence-electron chi connectivity index (χ4n) is 5.21. The summed E-state index contributed by atoms with van der Waals surface area (Å²) in [5.74, 6) is 0.321. The predicted octanol–water partition coefficient (Wildman–Crippen LogP) is 4.83. The summed E-state index contributed by atoms with van der Waals surface area (Å²) in [4.78, 5) is 28.7. The maximum absolute atomic E-state index is 14.0. The molecule has 3 N–H and O–H groups in total. The third-order valence-electron chi connectivity index (χ3n) is 7.31. The van der Waals surface area contributed by atoms with E-state index in [-0.39, 0.29) is 28.5 Å². The summed E-state index contributed by atoms with van der Waals surface area (Å²) in [5, 5.41) is 14.8. The lowest BCUT2D eigenvalue weighted by Crippen LogP contribution is -2.33. The van der Waals surface area contributed by atoms with Crippen LogP contribution in [0.3, 0.4) is 0 Å². The number of halogens is 1. The summed E-state index contributed by atoms with van der Waals surface area (Å²) in [6.45, 7) is 6.70. The van der Waals surface area contributed by atoms with E-state index in [2.05, 4.69) is 10.3 Å². The Labute approximate surface area is 225 Å². The Morgan fingerprint density at radius 3 is 2.51 bits per heavy atom. The molecule has 2 aromatic carbocycles. The average molecular weight is 534 g/mol. The second-order valence-corrected chi connectivity index (χ2v) is 10.1. The van der Waals surface area contributed by atoms with Gasteiger partial charge in [-0.3, -0.25) is 9.59 Å². The molecule has 0 bridgehead atoms. The third-order valence-corrected chi connectivity index (χ3v) is 7.31. The van der Waals surface area contributed by atoms with E-state index in [1.165, 1.54) is 16.7 Å². The van der Waals surface area contributed by atoms with Gasteiger partial charge in [0.2, 0.25) is 0 Å². The van der Waals surface area contributed by atoms with Gasteiger partial charge in [-0.25, -0.2) is 4.39 Å². The molecule has 39 heavy (non-hydrogen) atoms. The molecule has 8 nitrogen and oxygen atoms in total. The first-order valence-corrected chi connectivity index (χ1v) is 13.0. The molecule has 1 aliphatic rings. The maximum atomic E-state index is 14.0. The summed E-state index contributed by atoms with van der Waals surface area (Å²) >= 11 is 0. The Morgan fingerprint density at radius 1 is 1.15 bits per heavy atom. The number of carbonyl (C=O) groups is 1. The van der Waals surface area contributed by atoms with Gasteiger partial charge in [-0.05, 0) is 67.8 Å². The summed E-state index contributed by atoms with van der Waals surface area (Å²) < 4.78 is 27.4. The second-order valence-electron chi connectivity index (χ2n) is 10.1. The highest BCUT2D eigenvalue weighted by Gasteiger charge is 2.33. The van der Waals surface area contributed by atoms with Gasteiger partial charge in [0.25, 0.3) is 11.5 Å². The van der Waals surface area contributed by atoms with Crippen molar-refractivity contribution in [2.75, 3.05) is 19.8 Å². The zero-order valence-electron chi connectivity index (χ0n) is 22.5. The second kappa shape index (κ2) is 10.3. The Balaban J connectivity index is 1.75. The number of rotatable bonds is 6. The molecule has 204 valence electrons. The zero-order chi connectivity index (χ0) is 27.9. The monoisotopic (exact) mass is 533 g/mol. The van der Waals surface area contributed by atoms with Crippen molar-refractivity contribution in [1.29, 1.82) is 0 Å². The van der Waals surface area contributed by atoms with E-state index in [1.54, 1.807) is 39.2 Å². The number of aromatic nitrogens is 2. The van der Waals surface area contributed by atoms with Gasteiger partial charge in [0.05, 0.1) is 5.60 Å². The van der Waals surface area contributed by atoms with Gasteiger partial charge in [0.1, 0.15) is 28.5 Å². The number of hydrogen-bond acceptors (Lipinski definition) is 5. The molecule has 1 saturated heterocycles. The number of carbonyl (C=O) groups excluding carboxylic acids is 1. The number of benzene rings is 2. The highest BCUT2D eigenvalue weighted by Crippen LogP contribution is 2.42. The van der Waals surface area contributed by atoms with Crippen LogP contribution in [-0.4, -0.2) is 40.3 Å². The average Bonchev–Trinajstić information content (AvgIpc) is 3.35. The van der Waals surface area contributed by atoms with Crippen LogP contribution in [0.5, 0.6) is 11.5 Å². The first-order chi connectivity index (χ1) is 18.6. The Bertz CT molecular complexity index is 1610. The van der Waals surface area contributed by atoms with Crippen molar-refractivity contribution in [3.8, 4) is 22.6 Å². The number of nitrogens with one attached hydrogen (secondary N) is 2. The quantitative estimate of drug-likeness (QED) is 0.329. The number of aromatic amines is 1. The summed E-state index contributed by atoms with van der Waals surface area (Å²) in [6.07, 6.45) is 2.58. The summed E-state index contributed by atoms with van der Waals surface area (Å²) in [5.41, 5.74) is 2.42. The molecule has 0 atom stereocenters. The number of nitrogens with zero attached hydrogens (tertiary/aromatic N) is 1. The molecule has 1 fully saturated rings. The summed E-state index contributed by atoms with van der Waals surface area (Å²) in [7, 11) is 1.64. The number of ether oxygens (including phenoxy) is 2. The molecule has 2 aromatic heterocycles. The molecule has 3 heterocycles. The molecule has 9 heteroatoms. The third kappa shape index (κ3) is 4.95. The molecule has 1 aliphatic heterocycles. The van der Waals surface area contributed by atoms with E-state index in [1.807, 2.05) is 19.1 Å². The molecule has 0 saturated carbocycles. The van der Waals surface area contributed by atoms with Gasteiger partial charge in [-0.2, -0.15) is 0 Å². The molecule has 0 unspecified atom stereocenters. The van der Waals surface area contributed by atoms with Gasteiger partial charge >= 0.3 is 0 Å². The minimum atomic E-state index is -1.09. The lowest BCUT2D eigenvalue weighted by molar-refractivity contribution is -0.0679. The molecule has 0 spiro atoms. The van der Waals surface area contributed by atoms with Crippen LogP contribution in [0.4, 0.5) is 4.39 Å². The van der Waals surface area contributed by atoms with E-state index < -0.39 is 5.60 Å². The van der Waals surface area contributed by atoms with Gasteiger partial charge in [0, 0.05) is 62.4 Å². The fourth-order valence-corrected chi connectivity index (χ4v) is 5.21. The summed E-state index contributed by atoms with van der Waals surface area (Å²) in [6, 6.07) is 9.97. The van der Waals surface area contributed by atoms with Gasteiger partial charge in [0.15, 0.2) is 0 Å². The van der Waals surface area contributed by atoms with E-state index >= 15 is 0 Å². The van der Waals surface area contributed by atoms with E-state index in [4.69, 9.17) is 9.47 Å². The van der Waals surface area contributed by atoms with Crippen LogP contribution in [0.15, 0.2) is 47.4 Å². The largest absolute Gasteiger partial charge is 0.456 e. The van der Waals surface area contributed by atoms with Crippen LogP contribution in [-0.2, 0) is 17.4 Å². The van der Waals surface area contributed by atoms with Crippen molar-refractivity contribution in [1.82, 2.24) is 14.9 Å². The fraction of sp³-hybridized carbons (Fsp3) is 0.333. The van der Waals surface area contributed by atoms with Crippen LogP contribution >= 0.6 is 0 Å². The van der Waals surface area contributed by atoms with Crippen molar-refractivity contribution >= 4 is 16.8 Å². The van der Waals surface area contributed by atoms with Crippen LogP contribution in [0.1, 0.15) is 46.9 Å². The Kier molecular flexibility index (Phi) is 7.05. The Morgan fingerprint density at radius 2 is 1.85 bits per heavy atom. The van der Waals surface area contributed by atoms with E-state index in [9.17, 15) is 19.1 Å². The molecule has 4 aromatic rings. The highest BCUT2D eigenvalue weighted by atomic mass is 19.1. The van der Waals surface area contributed by atoms with Gasteiger partial charge in [-0.15, -0.1) is 0 Å². The number of amides is 1. The SMILES string of the molecule is CCNC(=O)c1cc2c(-c3cc(C4(O)CCOCC4)ccc3Oc3c(C)cc(F)cc3C)cn(C)c(=O)c2[nH]1. The lowest BCUT2D eigenvalue weighted by atomic mass is 9.84. The van der Waals surface area contributed by atoms with Gasteiger partial charge < -0.3 is 29.4 Å². The van der Waals surface area contributed by atoms with Crippen LogP contribution in [0, 0.1) is 19.7 Å². The number of H-pyrrole nitrogens is 1. The first-order valence-electron chi connectivity index (χ1n) is 13.0. The van der Waals surface area contributed by atoms with Crippen molar-refractivity contribution < 1.29 is 23.8 Å². The normalized spacial score (nSPS) is 14.9. The molecule has 1 amide bonds. The molecule has 5 rings (SSSR count). The minimum Gasteiger partial charge on any atom is -0.456 e. The number of aryl methyl sites for hydroxylation is 3. The maximum Gasteiger partial charge on any atom is 0.274 e. The molecular formula is C30H32FN3O5. The zero-order valence-corrected chi connectivity index (χ0v) is 22.5. The highest BCUT2D eigenvalue weighted by molar-refractivity contribution is 6.03. The number of aliphatic hydroxyl groups is 1. The topological polar surface area (TPSA) is 106 Å². The molecule has 0 aliphatic carbocycles. The van der Waals surface area contributed by atoms with E-state index in [0.717, 1.165) is 0 Å². The number of fused-ring (bicyclic) bond motifs is 1. The van der Waals surface area contributed by atoms with Crippen molar-refractivity contribution in [2.24, 2.45) is 7.05 Å². The predicted molar refractivity (Wildman–Crippen MR) is 147 cm³/mol. The van der Waals surface area contributed by atoms with Crippen LogP contribution in [0.2, 0.25) is 0 Å². The van der Waals surface area contributed by atoms with Crippen LogP contribution in [0.25, 0.3) is 22.0 Å². The standard InChI is InChI=1S/C30H32FN3O5/c1-5-32-28(35)24-15-22-23(16-34(4)29(36)26(22)33-24)21-14-19(30(37)8-10-38-11-9-30)6-7-25(21)39-27-17(2)12-20(31)13-18(27)3/h6-7,12-16,33,37H,5,8-11H2,1-4H3,(H,32,35). The number of hydrogen-bond donors (Lipinski definition) is 3. The lowest BCUT2D eigenvalue weighted by Gasteiger charge is -2.33. The molecular weight excluding hydrogens is 501 g/mol. The first kappa shape index (κ1) is 26.6. The van der Waals surface area contributed by atoms with Gasteiger partial charge in [-0.1, -0.05) is 6.07 Å². The van der Waals surface area contributed by atoms with Crippen molar-refractivity contribution in [3.63, 3.8) is 0 Å². The molecule has 0 radical (unpaired) electrons. The number of pyridine rings is 1. The minimum absolute atomic E-state index is 0.267. The smallest absolute Gasteiger partial charge is 0.274 e. The van der Waals surface area contributed by atoms with E-state index in [0.29, 0.717) is 77.3 Å².